The fourth-order valence-electron chi connectivity index (χ4n) is 2.51. The van der Waals surface area contributed by atoms with Gasteiger partial charge >= 0.3 is 5.97 Å². The lowest BCUT2D eigenvalue weighted by atomic mass is 9.93. The Hall–Kier alpha value is -1.10. The molecule has 2 N–H and O–H groups in total. The Kier molecular flexibility index (Phi) is 6.84. The summed E-state index contributed by atoms with van der Waals surface area (Å²) in [4.78, 5) is 22.0. The Morgan fingerprint density at radius 1 is 1.32 bits per heavy atom. The number of carboxylic acids is 1. The monoisotopic (exact) mass is 271 g/mol. The van der Waals surface area contributed by atoms with Gasteiger partial charge < -0.3 is 15.2 Å². The predicted molar refractivity (Wildman–Crippen MR) is 71.8 cm³/mol. The van der Waals surface area contributed by atoms with E-state index in [1.54, 1.807) is 0 Å². The van der Waals surface area contributed by atoms with Crippen LogP contribution in [0.4, 0.5) is 0 Å². The van der Waals surface area contributed by atoms with Crippen molar-refractivity contribution in [1.29, 1.82) is 0 Å². The summed E-state index contributed by atoms with van der Waals surface area (Å²) in [6.07, 6.45) is 2.98. The van der Waals surface area contributed by atoms with E-state index in [0.717, 1.165) is 13.0 Å². The van der Waals surface area contributed by atoms with Crippen LogP contribution in [0.15, 0.2) is 0 Å². The summed E-state index contributed by atoms with van der Waals surface area (Å²) in [5.41, 5.74) is 0. The molecule has 0 bridgehead atoms. The van der Waals surface area contributed by atoms with E-state index in [9.17, 15) is 9.59 Å². The van der Waals surface area contributed by atoms with Gasteiger partial charge in [0, 0.05) is 31.9 Å². The zero-order valence-electron chi connectivity index (χ0n) is 11.9. The van der Waals surface area contributed by atoms with Crippen LogP contribution < -0.4 is 5.32 Å². The van der Waals surface area contributed by atoms with Crippen molar-refractivity contribution < 1.29 is 19.4 Å². The number of amides is 1. The average Bonchev–Trinajstić information content (AvgIpc) is 2.80. The molecule has 19 heavy (non-hydrogen) atoms. The Balaban J connectivity index is 2.14. The van der Waals surface area contributed by atoms with Crippen LogP contribution in [0.25, 0.3) is 0 Å². The molecule has 2 atom stereocenters. The van der Waals surface area contributed by atoms with E-state index in [2.05, 4.69) is 19.2 Å². The van der Waals surface area contributed by atoms with Crippen molar-refractivity contribution in [2.24, 2.45) is 11.8 Å². The van der Waals surface area contributed by atoms with E-state index in [4.69, 9.17) is 9.84 Å². The van der Waals surface area contributed by atoms with Gasteiger partial charge in [0.25, 0.3) is 0 Å². The molecule has 5 nitrogen and oxygen atoms in total. The first-order valence-electron chi connectivity index (χ1n) is 7.10. The third-order valence-corrected chi connectivity index (χ3v) is 3.53. The molecule has 2 unspecified atom stereocenters. The van der Waals surface area contributed by atoms with Crippen molar-refractivity contribution >= 4 is 11.9 Å². The molecule has 1 aliphatic rings. The third kappa shape index (κ3) is 6.05. The molecule has 1 rings (SSSR count). The summed E-state index contributed by atoms with van der Waals surface area (Å²) in [6, 6.07) is 0. The van der Waals surface area contributed by atoms with E-state index < -0.39 is 5.97 Å². The van der Waals surface area contributed by atoms with Crippen molar-refractivity contribution in [2.45, 2.75) is 52.1 Å². The number of nitrogens with one attached hydrogen (secondary N) is 1. The SMILES string of the molecule is CC(C)C1OCCC1CNC(=O)CCCCC(=O)O. The Morgan fingerprint density at radius 3 is 2.63 bits per heavy atom. The van der Waals surface area contributed by atoms with Gasteiger partial charge in [-0.05, 0) is 25.2 Å². The van der Waals surface area contributed by atoms with Crippen molar-refractivity contribution in [1.82, 2.24) is 5.32 Å². The van der Waals surface area contributed by atoms with E-state index in [1.165, 1.54) is 0 Å². The summed E-state index contributed by atoms with van der Waals surface area (Å²) >= 11 is 0. The number of ether oxygens (including phenoxy) is 1. The first-order valence-corrected chi connectivity index (χ1v) is 7.10. The van der Waals surface area contributed by atoms with Gasteiger partial charge in [0.2, 0.25) is 5.91 Å². The summed E-state index contributed by atoms with van der Waals surface area (Å²) in [5.74, 6) is 0.0889. The second kappa shape index (κ2) is 8.15. The Bertz CT molecular complexity index is 304. The quantitative estimate of drug-likeness (QED) is 0.660. The van der Waals surface area contributed by atoms with Gasteiger partial charge in [-0.1, -0.05) is 13.8 Å². The molecular formula is C14H25NO4. The number of carboxylic acid groups (broad SMARTS) is 1. The molecule has 0 radical (unpaired) electrons. The molecule has 0 spiro atoms. The zero-order chi connectivity index (χ0) is 14.3. The zero-order valence-corrected chi connectivity index (χ0v) is 11.9. The van der Waals surface area contributed by atoms with Gasteiger partial charge in [-0.15, -0.1) is 0 Å². The van der Waals surface area contributed by atoms with Crippen LogP contribution in [0.3, 0.4) is 0 Å². The third-order valence-electron chi connectivity index (χ3n) is 3.53. The molecule has 0 aromatic carbocycles. The van der Waals surface area contributed by atoms with Crippen LogP contribution >= 0.6 is 0 Å². The highest BCUT2D eigenvalue weighted by Gasteiger charge is 2.30. The Labute approximate surface area is 114 Å². The predicted octanol–water partition coefficient (Wildman–Crippen LogP) is 1.81. The van der Waals surface area contributed by atoms with Gasteiger partial charge in [0.1, 0.15) is 0 Å². The fraction of sp³-hybridized carbons (Fsp3) is 0.857. The first kappa shape index (κ1) is 16.0. The van der Waals surface area contributed by atoms with E-state index >= 15 is 0 Å². The lowest BCUT2D eigenvalue weighted by molar-refractivity contribution is -0.137. The molecule has 1 aliphatic heterocycles. The van der Waals surface area contributed by atoms with Gasteiger partial charge in [-0.25, -0.2) is 0 Å². The summed E-state index contributed by atoms with van der Waals surface area (Å²) in [7, 11) is 0. The molecule has 0 aromatic heterocycles. The minimum absolute atomic E-state index is 0.0137. The first-order chi connectivity index (χ1) is 9.00. The average molecular weight is 271 g/mol. The van der Waals surface area contributed by atoms with Crippen molar-refractivity contribution in [3.8, 4) is 0 Å². The molecule has 0 aliphatic carbocycles. The number of unbranched alkanes of at least 4 members (excludes halogenated alkanes) is 1. The molecule has 0 saturated carbocycles. The minimum atomic E-state index is -0.803. The molecule has 1 amide bonds. The number of hydrogen-bond acceptors (Lipinski definition) is 3. The molecule has 1 fully saturated rings. The highest BCUT2D eigenvalue weighted by atomic mass is 16.5. The maximum absolute atomic E-state index is 11.6. The van der Waals surface area contributed by atoms with Crippen LogP contribution in [0.5, 0.6) is 0 Å². The lowest BCUT2D eigenvalue weighted by Crippen LogP contribution is -2.34. The van der Waals surface area contributed by atoms with E-state index in [0.29, 0.717) is 37.6 Å². The van der Waals surface area contributed by atoms with Gasteiger partial charge in [-0.2, -0.15) is 0 Å². The highest BCUT2D eigenvalue weighted by molar-refractivity contribution is 5.75. The molecule has 1 heterocycles. The minimum Gasteiger partial charge on any atom is -0.481 e. The normalized spacial score (nSPS) is 22.7. The molecular weight excluding hydrogens is 246 g/mol. The van der Waals surface area contributed by atoms with Crippen LogP contribution in [0.1, 0.15) is 46.0 Å². The Morgan fingerprint density at radius 2 is 2.00 bits per heavy atom. The van der Waals surface area contributed by atoms with Gasteiger partial charge in [-0.3, -0.25) is 9.59 Å². The number of rotatable bonds is 8. The second-order valence-electron chi connectivity index (χ2n) is 5.53. The smallest absolute Gasteiger partial charge is 0.303 e. The van der Waals surface area contributed by atoms with E-state index in [-0.39, 0.29) is 18.4 Å². The largest absolute Gasteiger partial charge is 0.481 e. The van der Waals surface area contributed by atoms with E-state index in [1.807, 2.05) is 0 Å². The van der Waals surface area contributed by atoms with Crippen LogP contribution in [0, 0.1) is 11.8 Å². The molecule has 110 valence electrons. The van der Waals surface area contributed by atoms with Crippen LogP contribution in [-0.4, -0.2) is 36.2 Å². The molecule has 0 aromatic rings. The maximum atomic E-state index is 11.6. The lowest BCUT2D eigenvalue weighted by Gasteiger charge is -2.22. The van der Waals surface area contributed by atoms with Gasteiger partial charge in [0.05, 0.1) is 6.10 Å². The summed E-state index contributed by atoms with van der Waals surface area (Å²) < 4.78 is 5.67. The number of hydrogen-bond donors (Lipinski definition) is 2. The summed E-state index contributed by atoms with van der Waals surface area (Å²) in [5, 5.41) is 11.4. The number of aliphatic carboxylic acids is 1. The van der Waals surface area contributed by atoms with Crippen molar-refractivity contribution in [3.05, 3.63) is 0 Å². The fourth-order valence-corrected chi connectivity index (χ4v) is 2.51. The molecule has 1 saturated heterocycles. The summed E-state index contributed by atoms with van der Waals surface area (Å²) in [6.45, 7) is 5.72. The second-order valence-corrected chi connectivity index (χ2v) is 5.53. The maximum Gasteiger partial charge on any atom is 0.303 e. The molecule has 5 heteroatoms. The van der Waals surface area contributed by atoms with Crippen molar-refractivity contribution in [3.63, 3.8) is 0 Å². The van der Waals surface area contributed by atoms with Gasteiger partial charge in [0.15, 0.2) is 0 Å². The standard InChI is InChI=1S/C14H25NO4/c1-10(2)14-11(7-8-19-14)9-15-12(16)5-3-4-6-13(17)18/h10-11,14H,3-9H2,1-2H3,(H,15,16)(H,17,18). The van der Waals surface area contributed by atoms with Crippen LogP contribution in [-0.2, 0) is 14.3 Å². The number of carbonyl (C=O) groups excluding carboxylic acids is 1. The topological polar surface area (TPSA) is 75.6 Å². The van der Waals surface area contributed by atoms with Crippen LogP contribution in [0.2, 0.25) is 0 Å². The van der Waals surface area contributed by atoms with Crippen molar-refractivity contribution in [2.75, 3.05) is 13.2 Å². The number of carbonyl (C=O) groups is 2. The highest BCUT2D eigenvalue weighted by Crippen LogP contribution is 2.26.